The van der Waals surface area contributed by atoms with Crippen molar-refractivity contribution in [2.45, 2.75) is 26.4 Å². The number of hydrogen-bond donors (Lipinski definition) is 2. The van der Waals surface area contributed by atoms with Gasteiger partial charge in [0.2, 0.25) is 0 Å². The largest absolute Gasteiger partial charge is 0.493 e. The van der Waals surface area contributed by atoms with Gasteiger partial charge in [-0.05, 0) is 35.9 Å². The second-order valence-electron chi connectivity index (χ2n) is 5.99. The lowest BCUT2D eigenvalue weighted by atomic mass is 10.2. The van der Waals surface area contributed by atoms with Crippen LogP contribution in [0.1, 0.15) is 19.4 Å². The van der Waals surface area contributed by atoms with Crippen LogP contribution in [0.4, 0.5) is 10.1 Å². The lowest BCUT2D eigenvalue weighted by Crippen LogP contribution is -2.22. The summed E-state index contributed by atoms with van der Waals surface area (Å²) >= 11 is 5.69. The number of anilines is 1. The summed E-state index contributed by atoms with van der Waals surface area (Å²) in [6.07, 6.45) is 0. The molecule has 2 aromatic rings. The Bertz CT molecular complexity index is 768. The topological polar surface area (TPSA) is 59.6 Å². The molecule has 0 saturated carbocycles. The van der Waals surface area contributed by atoms with Gasteiger partial charge in [0.1, 0.15) is 5.82 Å². The van der Waals surface area contributed by atoms with Crippen molar-refractivity contribution in [3.8, 4) is 11.5 Å². The summed E-state index contributed by atoms with van der Waals surface area (Å²) in [4.78, 5) is 12.0. The predicted octanol–water partition coefficient (Wildman–Crippen LogP) is 4.00. The van der Waals surface area contributed by atoms with Gasteiger partial charge in [-0.25, -0.2) is 4.39 Å². The Morgan fingerprint density at radius 2 is 1.96 bits per heavy atom. The molecule has 0 radical (unpaired) electrons. The van der Waals surface area contributed by atoms with Gasteiger partial charge in [-0.2, -0.15) is 0 Å². The molecule has 0 aliphatic heterocycles. The molecule has 0 bridgehead atoms. The Hall–Kier alpha value is -2.31. The molecule has 0 atom stereocenters. The first-order chi connectivity index (χ1) is 12.4. The highest BCUT2D eigenvalue weighted by Gasteiger charge is 2.10. The maximum absolute atomic E-state index is 13.1. The van der Waals surface area contributed by atoms with E-state index in [1.54, 1.807) is 13.2 Å². The Morgan fingerprint density at radius 3 is 2.62 bits per heavy atom. The van der Waals surface area contributed by atoms with Crippen LogP contribution in [0, 0.1) is 5.82 Å². The van der Waals surface area contributed by atoms with E-state index < -0.39 is 5.82 Å². The van der Waals surface area contributed by atoms with Crippen LogP contribution in [0.3, 0.4) is 0 Å². The van der Waals surface area contributed by atoms with Crippen LogP contribution in [-0.2, 0) is 11.3 Å². The van der Waals surface area contributed by atoms with Crippen molar-refractivity contribution < 1.29 is 18.7 Å². The fourth-order valence-electron chi connectivity index (χ4n) is 2.18. The predicted molar refractivity (Wildman–Crippen MR) is 101 cm³/mol. The van der Waals surface area contributed by atoms with Crippen LogP contribution in [0.5, 0.6) is 11.5 Å². The number of ether oxygens (including phenoxy) is 2. The smallest absolute Gasteiger partial charge is 0.262 e. The number of amides is 1. The second-order valence-corrected chi connectivity index (χ2v) is 6.39. The normalized spacial score (nSPS) is 10.7. The van der Waals surface area contributed by atoms with E-state index in [0.29, 0.717) is 29.8 Å². The number of rotatable bonds is 8. The Morgan fingerprint density at radius 1 is 1.19 bits per heavy atom. The van der Waals surface area contributed by atoms with Crippen LogP contribution in [0.25, 0.3) is 0 Å². The summed E-state index contributed by atoms with van der Waals surface area (Å²) in [6, 6.07) is 9.86. The first-order valence-corrected chi connectivity index (χ1v) is 8.55. The number of methoxy groups -OCH3 is 1. The summed E-state index contributed by atoms with van der Waals surface area (Å²) in [5.74, 6) is 0.0803. The van der Waals surface area contributed by atoms with Gasteiger partial charge in [-0.1, -0.05) is 31.5 Å². The van der Waals surface area contributed by atoms with E-state index in [2.05, 4.69) is 24.5 Å². The zero-order chi connectivity index (χ0) is 19.1. The van der Waals surface area contributed by atoms with Gasteiger partial charge in [0.05, 0.1) is 12.1 Å². The average Bonchev–Trinajstić information content (AvgIpc) is 2.61. The zero-order valence-corrected chi connectivity index (χ0v) is 15.7. The Labute approximate surface area is 157 Å². The molecular weight excluding hydrogens is 359 g/mol. The number of nitrogens with one attached hydrogen (secondary N) is 2. The maximum Gasteiger partial charge on any atom is 0.262 e. The van der Waals surface area contributed by atoms with Gasteiger partial charge in [0.15, 0.2) is 18.1 Å². The van der Waals surface area contributed by atoms with Crippen LogP contribution in [0.15, 0.2) is 36.4 Å². The van der Waals surface area contributed by atoms with E-state index in [0.717, 1.165) is 5.56 Å². The van der Waals surface area contributed by atoms with E-state index in [-0.39, 0.29) is 17.5 Å². The number of benzene rings is 2. The van der Waals surface area contributed by atoms with Crippen molar-refractivity contribution >= 4 is 23.2 Å². The highest BCUT2D eigenvalue weighted by atomic mass is 35.5. The van der Waals surface area contributed by atoms with E-state index in [1.165, 1.54) is 18.2 Å². The fraction of sp³-hybridized carbons (Fsp3) is 0.316. The SMILES string of the molecule is COc1cc(CNC(C)C)ccc1OCC(=O)Nc1ccc(F)c(Cl)c1. The summed E-state index contributed by atoms with van der Waals surface area (Å²) in [5, 5.41) is 5.86. The van der Waals surface area contributed by atoms with Crippen LogP contribution in [-0.4, -0.2) is 25.7 Å². The Balaban J connectivity index is 1.95. The van der Waals surface area contributed by atoms with E-state index in [1.807, 2.05) is 12.1 Å². The van der Waals surface area contributed by atoms with Gasteiger partial charge in [-0.15, -0.1) is 0 Å². The van der Waals surface area contributed by atoms with Crippen molar-refractivity contribution in [2.75, 3.05) is 19.0 Å². The van der Waals surface area contributed by atoms with Gasteiger partial charge < -0.3 is 20.1 Å². The quantitative estimate of drug-likeness (QED) is 0.726. The molecule has 0 aromatic heterocycles. The minimum atomic E-state index is -0.544. The molecule has 0 fully saturated rings. The Kier molecular flexibility index (Phi) is 7.24. The fourth-order valence-corrected chi connectivity index (χ4v) is 2.36. The monoisotopic (exact) mass is 380 g/mol. The van der Waals surface area contributed by atoms with Crippen LogP contribution < -0.4 is 20.1 Å². The number of halogens is 2. The van der Waals surface area contributed by atoms with Crippen LogP contribution >= 0.6 is 11.6 Å². The molecule has 7 heteroatoms. The summed E-state index contributed by atoms with van der Waals surface area (Å²) in [7, 11) is 1.54. The highest BCUT2D eigenvalue weighted by Crippen LogP contribution is 2.28. The zero-order valence-electron chi connectivity index (χ0n) is 14.9. The first-order valence-electron chi connectivity index (χ1n) is 8.17. The van der Waals surface area contributed by atoms with Crippen molar-refractivity contribution in [3.63, 3.8) is 0 Å². The molecule has 0 aliphatic carbocycles. The van der Waals surface area contributed by atoms with Crippen molar-refractivity contribution in [3.05, 3.63) is 52.8 Å². The highest BCUT2D eigenvalue weighted by molar-refractivity contribution is 6.31. The van der Waals surface area contributed by atoms with Gasteiger partial charge in [-0.3, -0.25) is 4.79 Å². The maximum atomic E-state index is 13.1. The molecule has 0 heterocycles. The molecule has 2 aromatic carbocycles. The molecule has 140 valence electrons. The molecule has 0 saturated heterocycles. The molecule has 0 spiro atoms. The van der Waals surface area contributed by atoms with Gasteiger partial charge in [0.25, 0.3) is 5.91 Å². The number of carbonyl (C=O) groups is 1. The third kappa shape index (κ3) is 5.89. The molecule has 0 aliphatic rings. The lowest BCUT2D eigenvalue weighted by Gasteiger charge is -2.13. The third-order valence-corrected chi connectivity index (χ3v) is 3.79. The average molecular weight is 381 g/mol. The standard InChI is InChI=1S/C19H22ClFN2O3/c1-12(2)22-10-13-4-7-17(18(8-13)25-3)26-11-19(24)23-14-5-6-16(21)15(20)9-14/h4-9,12,22H,10-11H2,1-3H3,(H,23,24). The third-order valence-electron chi connectivity index (χ3n) is 3.50. The van der Waals surface area contributed by atoms with Crippen molar-refractivity contribution in [1.29, 1.82) is 0 Å². The van der Waals surface area contributed by atoms with Gasteiger partial charge >= 0.3 is 0 Å². The number of hydrogen-bond acceptors (Lipinski definition) is 4. The molecule has 0 unspecified atom stereocenters. The molecule has 1 amide bonds. The van der Waals surface area contributed by atoms with Crippen molar-refractivity contribution in [1.82, 2.24) is 5.32 Å². The van der Waals surface area contributed by atoms with E-state index in [9.17, 15) is 9.18 Å². The molecule has 2 N–H and O–H groups in total. The minimum absolute atomic E-state index is 0.0593. The lowest BCUT2D eigenvalue weighted by molar-refractivity contribution is -0.118. The van der Waals surface area contributed by atoms with Crippen LogP contribution in [0.2, 0.25) is 5.02 Å². The van der Waals surface area contributed by atoms with E-state index >= 15 is 0 Å². The summed E-state index contributed by atoms with van der Waals surface area (Å²) < 4.78 is 24.0. The molecular formula is C19H22ClFN2O3. The first kappa shape index (κ1) is 20.0. The molecule has 2 rings (SSSR count). The second kappa shape index (κ2) is 9.40. The van der Waals surface area contributed by atoms with Crippen molar-refractivity contribution in [2.24, 2.45) is 0 Å². The van der Waals surface area contributed by atoms with Gasteiger partial charge in [0, 0.05) is 18.3 Å². The van der Waals surface area contributed by atoms with E-state index in [4.69, 9.17) is 21.1 Å². The summed E-state index contributed by atoms with van der Waals surface area (Å²) in [5.41, 5.74) is 1.44. The molecule has 5 nitrogen and oxygen atoms in total. The minimum Gasteiger partial charge on any atom is -0.493 e. The number of carbonyl (C=O) groups excluding carboxylic acids is 1. The summed E-state index contributed by atoms with van der Waals surface area (Å²) in [6.45, 7) is 4.64. The molecule has 26 heavy (non-hydrogen) atoms.